The lowest BCUT2D eigenvalue weighted by molar-refractivity contribution is -0.138. The van der Waals surface area contributed by atoms with Crippen LogP contribution in [0.4, 0.5) is 17.6 Å². The molecule has 0 aliphatic rings. The Morgan fingerprint density at radius 3 is 2.15 bits per heavy atom. The van der Waals surface area contributed by atoms with Crippen molar-refractivity contribution in [2.75, 3.05) is 0 Å². The summed E-state index contributed by atoms with van der Waals surface area (Å²) in [6.07, 6.45) is -6.03. The van der Waals surface area contributed by atoms with Crippen LogP contribution in [-0.2, 0) is 4.79 Å². The van der Waals surface area contributed by atoms with Crippen molar-refractivity contribution in [2.45, 2.75) is 38.3 Å². The molecule has 4 nitrogen and oxygen atoms in total. The van der Waals surface area contributed by atoms with E-state index >= 15 is 0 Å². The van der Waals surface area contributed by atoms with E-state index in [0.29, 0.717) is 5.56 Å². The summed E-state index contributed by atoms with van der Waals surface area (Å²) in [5, 5.41) is 11.8. The highest BCUT2D eigenvalue weighted by molar-refractivity contribution is 5.98. The number of halogens is 4. The van der Waals surface area contributed by atoms with E-state index < -0.39 is 36.2 Å². The Labute approximate surface area is 147 Å². The first-order valence-corrected chi connectivity index (χ1v) is 7.27. The van der Waals surface area contributed by atoms with Gasteiger partial charge in [0.1, 0.15) is 11.6 Å². The van der Waals surface area contributed by atoms with E-state index in [1.165, 1.54) is 24.3 Å². The van der Waals surface area contributed by atoms with Gasteiger partial charge in [-0.3, -0.25) is 9.59 Å². The highest BCUT2D eigenvalue weighted by Gasteiger charge is 2.44. The lowest BCUT2D eigenvalue weighted by Crippen LogP contribution is -2.58. The predicted molar refractivity (Wildman–Crippen MR) is 85.7 cm³/mol. The fraction of sp³-hybridized carbons (Fsp3) is 0.333. The smallest absolute Gasteiger partial charge is 0.299 e. The monoisotopic (exact) mass is 369 g/mol. The second kappa shape index (κ2) is 9.02. The first kappa shape index (κ1) is 21.2. The van der Waals surface area contributed by atoms with E-state index in [1.54, 1.807) is 5.92 Å². The topological polar surface area (TPSA) is 66.4 Å². The van der Waals surface area contributed by atoms with Crippen molar-refractivity contribution in [1.29, 1.82) is 0 Å². The number of carbonyl (C=O) groups excluding carboxylic acids is 2. The molecule has 0 aliphatic carbocycles. The van der Waals surface area contributed by atoms with Crippen LogP contribution in [-0.4, -0.2) is 41.3 Å². The molecule has 0 fully saturated rings. The van der Waals surface area contributed by atoms with E-state index in [2.05, 4.69) is 17.2 Å². The number of amides is 1. The number of ketones is 1. The molecule has 8 heteroatoms. The molecule has 1 amide bonds. The average molecular weight is 369 g/mol. The van der Waals surface area contributed by atoms with Crippen molar-refractivity contribution in [3.63, 3.8) is 0 Å². The van der Waals surface area contributed by atoms with Crippen molar-refractivity contribution in [2.24, 2.45) is 0 Å². The standard InChI is InChI=1S/C18H15F4NO3/c1-11(24)15(18(2,26)17(21)22)23-16(25)13-9-7-12(8-10-13)5-3-4-6-14(19)20/h7-10,14-15,17,26H,1-2H3,(H,23,25)/t15-,18+/m1/s1. The maximum atomic E-state index is 12.9. The highest BCUT2D eigenvalue weighted by atomic mass is 19.3. The fourth-order valence-corrected chi connectivity index (χ4v) is 1.90. The third kappa shape index (κ3) is 5.91. The van der Waals surface area contributed by atoms with Gasteiger partial charge in [-0.25, -0.2) is 8.78 Å². The van der Waals surface area contributed by atoms with Gasteiger partial charge in [-0.1, -0.05) is 5.92 Å². The Kier molecular flexibility index (Phi) is 7.36. The summed E-state index contributed by atoms with van der Waals surface area (Å²) in [5.41, 5.74) is -2.31. The Hall–Kier alpha value is -2.84. The summed E-state index contributed by atoms with van der Waals surface area (Å²) >= 11 is 0. The van der Waals surface area contributed by atoms with Crippen LogP contribution in [0.3, 0.4) is 0 Å². The summed E-state index contributed by atoms with van der Waals surface area (Å²) in [6.45, 7) is 1.73. The molecule has 1 aromatic rings. The number of Topliss-reactive ketones (excluding diaryl/α,β-unsaturated/α-hetero) is 1. The number of rotatable bonds is 5. The first-order chi connectivity index (χ1) is 12.1. The second-order valence-electron chi connectivity index (χ2n) is 5.44. The van der Waals surface area contributed by atoms with Gasteiger partial charge in [0.25, 0.3) is 18.8 Å². The van der Waals surface area contributed by atoms with Gasteiger partial charge in [0.2, 0.25) is 0 Å². The van der Waals surface area contributed by atoms with Crippen LogP contribution < -0.4 is 5.32 Å². The fourth-order valence-electron chi connectivity index (χ4n) is 1.90. The summed E-state index contributed by atoms with van der Waals surface area (Å²) < 4.78 is 49.4. The molecule has 0 heterocycles. The molecule has 2 atom stereocenters. The molecular formula is C18H15F4NO3. The van der Waals surface area contributed by atoms with Crippen molar-refractivity contribution in [1.82, 2.24) is 5.32 Å². The van der Waals surface area contributed by atoms with Gasteiger partial charge >= 0.3 is 0 Å². The number of alkyl halides is 4. The largest absolute Gasteiger partial charge is 0.382 e. The number of hydrogen-bond acceptors (Lipinski definition) is 3. The molecular weight excluding hydrogens is 354 g/mol. The van der Waals surface area contributed by atoms with E-state index in [1.807, 2.05) is 5.92 Å². The maximum Gasteiger partial charge on any atom is 0.299 e. The number of benzene rings is 1. The van der Waals surface area contributed by atoms with Crippen molar-refractivity contribution in [3.05, 3.63) is 35.4 Å². The highest BCUT2D eigenvalue weighted by Crippen LogP contribution is 2.21. The molecule has 0 saturated carbocycles. The predicted octanol–water partition coefficient (Wildman–Crippen LogP) is 2.01. The maximum absolute atomic E-state index is 12.9. The quantitative estimate of drug-likeness (QED) is 0.616. The second-order valence-corrected chi connectivity index (χ2v) is 5.44. The van der Waals surface area contributed by atoms with E-state index in [9.17, 15) is 32.3 Å². The number of nitrogens with one attached hydrogen (secondary N) is 1. The minimum absolute atomic E-state index is 0.0329. The third-order valence-electron chi connectivity index (χ3n) is 3.31. The van der Waals surface area contributed by atoms with Gasteiger partial charge in [-0.15, -0.1) is 0 Å². The Balaban J connectivity index is 2.91. The zero-order valence-corrected chi connectivity index (χ0v) is 13.8. The molecule has 0 saturated heterocycles. The summed E-state index contributed by atoms with van der Waals surface area (Å²) in [7, 11) is 0. The molecule has 0 bridgehead atoms. The molecule has 2 N–H and O–H groups in total. The van der Waals surface area contributed by atoms with E-state index in [0.717, 1.165) is 13.8 Å². The van der Waals surface area contributed by atoms with Crippen molar-refractivity contribution in [3.8, 4) is 23.7 Å². The Morgan fingerprint density at radius 1 is 1.12 bits per heavy atom. The SMILES string of the molecule is CC(=O)[C@@H](NC(=O)c1ccc(C#CC#CC(F)F)cc1)[C@](C)(O)C(F)F. The molecule has 138 valence electrons. The minimum atomic E-state index is -3.25. The zero-order valence-electron chi connectivity index (χ0n) is 13.8. The van der Waals surface area contributed by atoms with Crippen molar-refractivity contribution < 1.29 is 32.3 Å². The lowest BCUT2D eigenvalue weighted by Gasteiger charge is -2.30. The van der Waals surface area contributed by atoms with Crippen LogP contribution in [0, 0.1) is 23.7 Å². The third-order valence-corrected chi connectivity index (χ3v) is 3.31. The number of carbonyl (C=O) groups is 2. The van der Waals surface area contributed by atoms with Gasteiger partial charge in [-0.2, -0.15) is 8.78 Å². The Morgan fingerprint density at radius 2 is 1.69 bits per heavy atom. The molecule has 0 aromatic heterocycles. The van der Waals surface area contributed by atoms with Crippen LogP contribution in [0.5, 0.6) is 0 Å². The van der Waals surface area contributed by atoms with E-state index in [4.69, 9.17) is 0 Å². The molecule has 0 radical (unpaired) electrons. The van der Waals surface area contributed by atoms with Gasteiger partial charge in [-0.05, 0) is 55.9 Å². The summed E-state index contributed by atoms with van der Waals surface area (Å²) in [6, 6.07) is 3.58. The van der Waals surface area contributed by atoms with Crippen LogP contribution in [0.1, 0.15) is 29.8 Å². The normalized spacial score (nSPS) is 13.7. The molecule has 1 aromatic carbocycles. The molecule has 1 rings (SSSR count). The summed E-state index contributed by atoms with van der Waals surface area (Å²) in [4.78, 5) is 23.6. The first-order valence-electron chi connectivity index (χ1n) is 7.27. The lowest BCUT2D eigenvalue weighted by atomic mass is 9.93. The molecule has 26 heavy (non-hydrogen) atoms. The Bertz CT molecular complexity index is 781. The van der Waals surface area contributed by atoms with Gasteiger partial charge in [0.05, 0.1) is 0 Å². The molecule has 0 aliphatic heterocycles. The zero-order chi connectivity index (χ0) is 19.9. The average Bonchev–Trinajstić information content (AvgIpc) is 2.56. The van der Waals surface area contributed by atoms with Crippen LogP contribution in [0.2, 0.25) is 0 Å². The van der Waals surface area contributed by atoms with Gasteiger partial charge in [0, 0.05) is 11.1 Å². The van der Waals surface area contributed by atoms with Crippen LogP contribution >= 0.6 is 0 Å². The summed E-state index contributed by atoms with van der Waals surface area (Å²) in [5.74, 6) is 6.54. The van der Waals surface area contributed by atoms with Crippen molar-refractivity contribution >= 4 is 11.7 Å². The van der Waals surface area contributed by atoms with E-state index in [-0.39, 0.29) is 5.56 Å². The van der Waals surface area contributed by atoms with Crippen LogP contribution in [0.15, 0.2) is 24.3 Å². The molecule has 0 spiro atoms. The van der Waals surface area contributed by atoms with Gasteiger partial charge < -0.3 is 10.4 Å². The van der Waals surface area contributed by atoms with Gasteiger partial charge in [0.15, 0.2) is 5.78 Å². The minimum Gasteiger partial charge on any atom is -0.382 e. The number of aliphatic hydroxyl groups is 1. The molecule has 0 unspecified atom stereocenters. The van der Waals surface area contributed by atoms with Crippen LogP contribution in [0.25, 0.3) is 0 Å². The number of hydrogen-bond donors (Lipinski definition) is 2.